The molecule has 0 bridgehead atoms. The lowest BCUT2D eigenvalue weighted by molar-refractivity contribution is -0.114. The molecule has 0 saturated heterocycles. The molecule has 8 heteroatoms. The molecule has 1 amide bonds. The Morgan fingerprint density at radius 2 is 1.79 bits per heavy atom. The fourth-order valence-corrected chi connectivity index (χ4v) is 2.94. The van der Waals surface area contributed by atoms with Crippen LogP contribution in [0.4, 0.5) is 0 Å². The summed E-state index contributed by atoms with van der Waals surface area (Å²) in [4.78, 5) is 22.6. The molecular formula is C21H24ClN3O4. The zero-order valence-corrected chi connectivity index (χ0v) is 17.6. The molecule has 0 radical (unpaired) electrons. The maximum Gasteiger partial charge on any atom is 0.273 e. The minimum Gasteiger partial charge on any atom is -0.398 e. The number of carbonyl (C=O) groups excluding carboxylic acids is 1. The van der Waals surface area contributed by atoms with Gasteiger partial charge in [-0.1, -0.05) is 58.3 Å². The van der Waals surface area contributed by atoms with Gasteiger partial charge in [0, 0.05) is 35.9 Å². The summed E-state index contributed by atoms with van der Waals surface area (Å²) < 4.78 is 5.25. The Labute approximate surface area is 175 Å². The number of methoxy groups -OCH3 is 1. The summed E-state index contributed by atoms with van der Waals surface area (Å²) in [6.07, 6.45) is 0. The first-order valence-corrected chi connectivity index (χ1v) is 9.26. The normalized spacial score (nSPS) is 11.9. The first-order valence-electron chi connectivity index (χ1n) is 8.88. The van der Waals surface area contributed by atoms with Gasteiger partial charge in [-0.3, -0.25) is 4.79 Å². The predicted octanol–water partition coefficient (Wildman–Crippen LogP) is 3.31. The number of rotatable bonds is 9. The van der Waals surface area contributed by atoms with Crippen LogP contribution in [0.1, 0.15) is 22.3 Å². The van der Waals surface area contributed by atoms with Gasteiger partial charge in [0.1, 0.15) is 19.4 Å². The Hall–Kier alpha value is -2.90. The highest BCUT2D eigenvalue weighted by molar-refractivity contribution is 6.46. The summed E-state index contributed by atoms with van der Waals surface area (Å²) >= 11 is 6.36. The third-order valence-electron chi connectivity index (χ3n) is 4.12. The number of likely N-dealkylation sites (N-methyl/N-ethyl adjacent to an activating group) is 1. The summed E-state index contributed by atoms with van der Waals surface area (Å²) in [5, 5.41) is 11.0. The molecule has 0 spiro atoms. The molecular weight excluding hydrogens is 394 g/mol. The van der Waals surface area contributed by atoms with E-state index in [9.17, 15) is 4.79 Å². The molecule has 1 N–H and O–H groups in total. The average molecular weight is 418 g/mol. The Balaban J connectivity index is 2.34. The van der Waals surface area contributed by atoms with Gasteiger partial charge in [0.15, 0.2) is 5.71 Å². The number of amides is 1. The fraction of sp³-hybridized carbons (Fsp3) is 0.286. The standard InChI is InChI=1S/C21H24ClN3O4/c1-14-8-5-6-9-15(14)19(13-27-3)24-29-12-17-16(10-7-11-18(17)22)20(25-28-4)21(26)23-2/h5-11H,12-13H2,1-4H3,(H,23,26)/b24-19+,25-20+. The number of benzene rings is 2. The van der Waals surface area contributed by atoms with E-state index in [4.69, 9.17) is 26.0 Å². The van der Waals surface area contributed by atoms with Crippen LogP contribution in [-0.2, 0) is 25.8 Å². The summed E-state index contributed by atoms with van der Waals surface area (Å²) in [6.45, 7) is 2.31. The maximum absolute atomic E-state index is 12.2. The largest absolute Gasteiger partial charge is 0.398 e. The Kier molecular flexibility index (Phi) is 8.64. The van der Waals surface area contributed by atoms with Crippen molar-refractivity contribution in [2.75, 3.05) is 27.9 Å². The minimum absolute atomic E-state index is 0.0355. The van der Waals surface area contributed by atoms with E-state index < -0.39 is 5.91 Å². The second kappa shape index (κ2) is 11.2. The number of oxime groups is 2. The summed E-state index contributed by atoms with van der Waals surface area (Å²) in [6, 6.07) is 13.0. The monoisotopic (exact) mass is 417 g/mol. The van der Waals surface area contributed by atoms with Gasteiger partial charge < -0.3 is 19.7 Å². The number of hydrogen-bond donors (Lipinski definition) is 1. The maximum atomic E-state index is 12.2. The van der Waals surface area contributed by atoms with Crippen molar-refractivity contribution in [2.24, 2.45) is 10.3 Å². The van der Waals surface area contributed by atoms with Crippen molar-refractivity contribution in [1.29, 1.82) is 0 Å². The number of nitrogens with one attached hydrogen (secondary N) is 1. The Bertz CT molecular complexity index is 913. The van der Waals surface area contributed by atoms with Gasteiger partial charge >= 0.3 is 0 Å². The topological polar surface area (TPSA) is 81.5 Å². The van der Waals surface area contributed by atoms with Crippen LogP contribution in [0.15, 0.2) is 52.8 Å². The molecule has 0 aliphatic carbocycles. The van der Waals surface area contributed by atoms with Crippen molar-refractivity contribution in [3.63, 3.8) is 0 Å². The number of aryl methyl sites for hydroxylation is 1. The summed E-state index contributed by atoms with van der Waals surface area (Å²) in [5.74, 6) is -0.404. The van der Waals surface area contributed by atoms with E-state index in [1.54, 1.807) is 25.3 Å². The fourth-order valence-electron chi connectivity index (χ4n) is 2.71. The number of hydrogen-bond acceptors (Lipinski definition) is 6. The van der Waals surface area contributed by atoms with E-state index in [0.717, 1.165) is 11.1 Å². The van der Waals surface area contributed by atoms with E-state index in [2.05, 4.69) is 15.6 Å². The zero-order valence-electron chi connectivity index (χ0n) is 16.9. The lowest BCUT2D eigenvalue weighted by atomic mass is 10.0. The Morgan fingerprint density at radius 3 is 2.45 bits per heavy atom. The van der Waals surface area contributed by atoms with Crippen LogP contribution in [0.3, 0.4) is 0 Å². The second-order valence-corrected chi connectivity index (χ2v) is 6.43. The van der Waals surface area contributed by atoms with E-state index in [-0.39, 0.29) is 18.9 Å². The highest BCUT2D eigenvalue weighted by Crippen LogP contribution is 2.22. The van der Waals surface area contributed by atoms with Crippen molar-refractivity contribution in [1.82, 2.24) is 5.32 Å². The van der Waals surface area contributed by atoms with E-state index in [0.29, 0.717) is 21.9 Å². The van der Waals surface area contributed by atoms with E-state index in [1.165, 1.54) is 14.2 Å². The van der Waals surface area contributed by atoms with Crippen LogP contribution in [0.25, 0.3) is 0 Å². The molecule has 0 atom stereocenters. The molecule has 0 fully saturated rings. The first kappa shape index (κ1) is 22.4. The highest BCUT2D eigenvalue weighted by atomic mass is 35.5. The van der Waals surface area contributed by atoms with Gasteiger partial charge in [-0.25, -0.2) is 0 Å². The molecule has 0 aromatic heterocycles. The third-order valence-corrected chi connectivity index (χ3v) is 4.47. The summed E-state index contributed by atoms with van der Waals surface area (Å²) in [7, 11) is 4.47. The molecule has 154 valence electrons. The molecule has 7 nitrogen and oxygen atoms in total. The van der Waals surface area contributed by atoms with Crippen LogP contribution < -0.4 is 5.32 Å². The minimum atomic E-state index is -0.404. The van der Waals surface area contributed by atoms with Crippen LogP contribution in [-0.4, -0.2) is 45.2 Å². The van der Waals surface area contributed by atoms with Crippen molar-refractivity contribution in [3.05, 3.63) is 69.7 Å². The van der Waals surface area contributed by atoms with Crippen LogP contribution >= 0.6 is 11.6 Å². The molecule has 2 rings (SSSR count). The van der Waals surface area contributed by atoms with E-state index in [1.807, 2.05) is 31.2 Å². The number of ether oxygens (including phenoxy) is 1. The van der Waals surface area contributed by atoms with Crippen LogP contribution in [0.2, 0.25) is 5.02 Å². The molecule has 0 aliphatic rings. The molecule has 0 saturated carbocycles. The molecule has 0 aliphatic heterocycles. The molecule has 29 heavy (non-hydrogen) atoms. The highest BCUT2D eigenvalue weighted by Gasteiger charge is 2.20. The second-order valence-electron chi connectivity index (χ2n) is 6.03. The van der Waals surface area contributed by atoms with Crippen LogP contribution in [0, 0.1) is 6.92 Å². The van der Waals surface area contributed by atoms with Gasteiger partial charge in [-0.05, 0) is 18.6 Å². The van der Waals surface area contributed by atoms with Gasteiger partial charge in [-0.2, -0.15) is 0 Å². The van der Waals surface area contributed by atoms with Crippen molar-refractivity contribution < 1.29 is 19.2 Å². The van der Waals surface area contributed by atoms with Crippen LogP contribution in [0.5, 0.6) is 0 Å². The quantitative estimate of drug-likeness (QED) is 0.501. The van der Waals surface area contributed by atoms with Crippen molar-refractivity contribution in [3.8, 4) is 0 Å². The van der Waals surface area contributed by atoms with Gasteiger partial charge in [-0.15, -0.1) is 0 Å². The number of halogens is 1. The van der Waals surface area contributed by atoms with Crippen molar-refractivity contribution >= 4 is 28.9 Å². The average Bonchev–Trinajstić information content (AvgIpc) is 2.72. The van der Waals surface area contributed by atoms with Gasteiger partial charge in [0.2, 0.25) is 0 Å². The third kappa shape index (κ3) is 5.79. The lowest BCUT2D eigenvalue weighted by Crippen LogP contribution is -2.29. The van der Waals surface area contributed by atoms with Crippen molar-refractivity contribution in [2.45, 2.75) is 13.5 Å². The van der Waals surface area contributed by atoms with E-state index >= 15 is 0 Å². The first-order chi connectivity index (χ1) is 14.0. The smallest absolute Gasteiger partial charge is 0.273 e. The SMILES string of the molecule is CNC(=O)/C(=N/OC)c1cccc(Cl)c1CO/N=C(\COC)c1ccccc1C. The summed E-state index contributed by atoms with van der Waals surface area (Å²) in [5.41, 5.74) is 3.80. The number of carbonyl (C=O) groups is 1. The predicted molar refractivity (Wildman–Crippen MR) is 113 cm³/mol. The number of nitrogens with zero attached hydrogens (tertiary/aromatic N) is 2. The zero-order chi connectivity index (χ0) is 21.2. The molecule has 0 unspecified atom stereocenters. The van der Waals surface area contributed by atoms with Gasteiger partial charge in [0.25, 0.3) is 5.91 Å². The van der Waals surface area contributed by atoms with Gasteiger partial charge in [0.05, 0.1) is 6.61 Å². The lowest BCUT2D eigenvalue weighted by Gasteiger charge is -2.13. The molecule has 0 heterocycles. The molecule has 2 aromatic rings. The molecule has 2 aromatic carbocycles. The Morgan fingerprint density at radius 1 is 1.07 bits per heavy atom.